The Morgan fingerprint density at radius 3 is 2.21 bits per heavy atom. The first-order valence-corrected chi connectivity index (χ1v) is 10.00. The van der Waals surface area contributed by atoms with Crippen molar-refractivity contribution in [2.45, 2.75) is 32.4 Å². The van der Waals surface area contributed by atoms with Crippen molar-refractivity contribution < 1.29 is 37.3 Å². The number of fused-ring (bicyclic) bond motifs is 1. The summed E-state index contributed by atoms with van der Waals surface area (Å²) in [5.41, 5.74) is -1.02. The van der Waals surface area contributed by atoms with Gasteiger partial charge in [0.05, 0.1) is 5.56 Å². The molecule has 6 nitrogen and oxygen atoms in total. The molecule has 0 radical (unpaired) electrons. The summed E-state index contributed by atoms with van der Waals surface area (Å²) < 4.78 is 46.8. The van der Waals surface area contributed by atoms with Gasteiger partial charge < -0.3 is 19.9 Å². The fourth-order valence-corrected chi connectivity index (χ4v) is 3.25. The number of rotatable bonds is 7. The van der Waals surface area contributed by atoms with Gasteiger partial charge in [-0.05, 0) is 37.6 Å². The van der Waals surface area contributed by atoms with Crippen LogP contribution < -0.4 is 14.8 Å². The van der Waals surface area contributed by atoms with Crippen molar-refractivity contribution in [3.05, 3.63) is 70.7 Å². The maximum atomic E-state index is 12.9. The third-order valence-electron chi connectivity index (χ3n) is 4.69. The van der Waals surface area contributed by atoms with Gasteiger partial charge >= 0.3 is 12.3 Å². The van der Waals surface area contributed by atoms with E-state index < -0.39 is 23.8 Å². The van der Waals surface area contributed by atoms with Gasteiger partial charge in [-0.2, -0.15) is 0 Å². The molecule has 0 aromatic heterocycles. The zero-order valence-electron chi connectivity index (χ0n) is 17.5. The summed E-state index contributed by atoms with van der Waals surface area (Å²) >= 11 is 6.34. The molecule has 2 N–H and O–H groups in total. The Morgan fingerprint density at radius 1 is 1.03 bits per heavy atom. The topological polar surface area (TPSA) is 84.9 Å². The third-order valence-corrected chi connectivity index (χ3v) is 5.00. The number of carboxylic acids is 1. The van der Waals surface area contributed by atoms with Crippen molar-refractivity contribution >= 4 is 34.2 Å². The number of benzene rings is 3. The van der Waals surface area contributed by atoms with E-state index in [0.717, 1.165) is 12.1 Å². The first-order chi connectivity index (χ1) is 15.4. The Kier molecular flexibility index (Phi) is 6.73. The van der Waals surface area contributed by atoms with Crippen molar-refractivity contribution in [3.63, 3.8) is 0 Å². The Balaban J connectivity index is 1.94. The summed E-state index contributed by atoms with van der Waals surface area (Å²) in [6.07, 6.45) is -4.80. The minimum atomic E-state index is -4.80. The van der Waals surface area contributed by atoms with E-state index >= 15 is 0 Å². The van der Waals surface area contributed by atoms with Crippen molar-refractivity contribution in [3.8, 4) is 11.5 Å². The average Bonchev–Trinajstić information content (AvgIpc) is 2.72. The largest absolute Gasteiger partial charge is 0.573 e. The van der Waals surface area contributed by atoms with Crippen molar-refractivity contribution in [2.24, 2.45) is 0 Å². The normalized spacial score (nSPS) is 11.8. The number of hydrogen-bond acceptors (Lipinski definition) is 4. The smallest absolute Gasteiger partial charge is 0.487 e. The fraction of sp³-hybridized carbons (Fsp3) is 0.217. The number of hydrogen-bond donors (Lipinski definition) is 2. The van der Waals surface area contributed by atoms with E-state index in [4.69, 9.17) is 16.3 Å². The lowest BCUT2D eigenvalue weighted by atomic mass is 10.0. The molecule has 3 aromatic carbocycles. The number of aliphatic carboxylic acids is 1. The predicted octanol–water partition coefficient (Wildman–Crippen LogP) is 5.56. The molecule has 3 rings (SSSR count). The Bertz CT molecular complexity index is 1190. The minimum Gasteiger partial charge on any atom is -0.487 e. The van der Waals surface area contributed by atoms with Crippen LogP contribution in [0, 0.1) is 0 Å². The highest BCUT2D eigenvalue weighted by molar-refractivity contribution is 6.36. The molecule has 0 bridgehead atoms. The van der Waals surface area contributed by atoms with Crippen molar-refractivity contribution in [1.82, 2.24) is 5.32 Å². The standard InChI is InChI=1S/C23H19ClF3NO5/c1-22(2,21(30)31)28-20(29)17-11-18(24)15-5-3-4-6-16(15)19(17)32-12-13-7-9-14(10-8-13)33-23(25,26)27/h3-11H,12H2,1-2H3,(H,28,29)(H,30,31). The molecule has 0 aliphatic carbocycles. The highest BCUT2D eigenvalue weighted by Crippen LogP contribution is 2.36. The lowest BCUT2D eigenvalue weighted by Crippen LogP contribution is -2.49. The van der Waals surface area contributed by atoms with Crippen LogP contribution in [-0.2, 0) is 11.4 Å². The lowest BCUT2D eigenvalue weighted by Gasteiger charge is -2.22. The molecule has 0 saturated heterocycles. The molecule has 0 aliphatic rings. The number of amides is 1. The van der Waals surface area contributed by atoms with E-state index in [9.17, 15) is 27.9 Å². The lowest BCUT2D eigenvalue weighted by molar-refractivity contribution is -0.274. The second-order valence-corrected chi connectivity index (χ2v) is 8.05. The van der Waals surface area contributed by atoms with Gasteiger partial charge in [0, 0.05) is 15.8 Å². The van der Waals surface area contributed by atoms with Gasteiger partial charge in [0.25, 0.3) is 5.91 Å². The van der Waals surface area contributed by atoms with Crippen LogP contribution in [0.15, 0.2) is 54.6 Å². The molecule has 1 amide bonds. The molecule has 10 heteroatoms. The van der Waals surface area contributed by atoms with Gasteiger partial charge in [0.1, 0.15) is 23.6 Å². The monoisotopic (exact) mass is 481 g/mol. The van der Waals surface area contributed by atoms with E-state index in [0.29, 0.717) is 16.3 Å². The van der Waals surface area contributed by atoms with E-state index in [1.165, 1.54) is 32.0 Å². The maximum absolute atomic E-state index is 12.9. The Morgan fingerprint density at radius 2 is 1.64 bits per heavy atom. The highest BCUT2D eigenvalue weighted by Gasteiger charge is 2.32. The summed E-state index contributed by atoms with van der Waals surface area (Å²) in [6.45, 7) is 2.59. The van der Waals surface area contributed by atoms with Crippen molar-refractivity contribution in [1.29, 1.82) is 0 Å². The zero-order valence-corrected chi connectivity index (χ0v) is 18.3. The second-order valence-electron chi connectivity index (χ2n) is 7.65. The summed E-state index contributed by atoms with van der Waals surface area (Å²) in [5, 5.41) is 13.1. The van der Waals surface area contributed by atoms with Gasteiger partial charge in [0.15, 0.2) is 0 Å². The molecule has 33 heavy (non-hydrogen) atoms. The molecule has 0 unspecified atom stereocenters. The number of carbonyl (C=O) groups excluding carboxylic acids is 1. The maximum Gasteiger partial charge on any atom is 0.573 e. The summed E-state index contributed by atoms with van der Waals surface area (Å²) in [5.74, 6) is -2.16. The van der Waals surface area contributed by atoms with Gasteiger partial charge in [-0.3, -0.25) is 4.79 Å². The molecule has 0 spiro atoms. The molecule has 0 aliphatic heterocycles. The summed E-state index contributed by atoms with van der Waals surface area (Å²) in [6, 6.07) is 13.4. The third kappa shape index (κ3) is 5.87. The van der Waals surface area contributed by atoms with Crippen LogP contribution in [0.3, 0.4) is 0 Å². The highest BCUT2D eigenvalue weighted by atomic mass is 35.5. The molecular weight excluding hydrogens is 463 g/mol. The predicted molar refractivity (Wildman–Crippen MR) is 116 cm³/mol. The van der Waals surface area contributed by atoms with Gasteiger partial charge in [-0.1, -0.05) is 48.0 Å². The molecule has 0 atom stereocenters. The van der Waals surface area contributed by atoms with Crippen LogP contribution in [0.25, 0.3) is 10.8 Å². The number of carbonyl (C=O) groups is 2. The molecule has 0 heterocycles. The minimum absolute atomic E-state index is 0.0186. The van der Waals surface area contributed by atoms with Gasteiger partial charge in [-0.25, -0.2) is 4.79 Å². The molecule has 0 saturated carbocycles. The van der Waals surface area contributed by atoms with Crippen LogP contribution in [0.2, 0.25) is 5.02 Å². The zero-order chi connectivity index (χ0) is 24.4. The number of carboxylic acid groups (broad SMARTS) is 1. The van der Waals surface area contributed by atoms with Crippen LogP contribution in [0.4, 0.5) is 13.2 Å². The van der Waals surface area contributed by atoms with Gasteiger partial charge in [0.2, 0.25) is 0 Å². The number of halogens is 4. The quantitative estimate of drug-likeness (QED) is 0.461. The van der Waals surface area contributed by atoms with Crippen LogP contribution in [0.5, 0.6) is 11.5 Å². The second kappa shape index (κ2) is 9.19. The number of alkyl halides is 3. The number of ether oxygens (including phenoxy) is 2. The Labute approximate surface area is 191 Å². The molecule has 174 valence electrons. The summed E-state index contributed by atoms with van der Waals surface area (Å²) in [7, 11) is 0. The van der Waals surface area contributed by atoms with E-state index in [-0.39, 0.29) is 28.7 Å². The van der Waals surface area contributed by atoms with E-state index in [1.807, 2.05) is 0 Å². The number of nitrogens with one attached hydrogen (secondary N) is 1. The average molecular weight is 482 g/mol. The first-order valence-electron chi connectivity index (χ1n) is 9.62. The van der Waals surface area contributed by atoms with Crippen LogP contribution in [-0.4, -0.2) is 28.9 Å². The van der Waals surface area contributed by atoms with E-state index in [2.05, 4.69) is 10.1 Å². The first kappa shape index (κ1) is 24.2. The van der Waals surface area contributed by atoms with Crippen molar-refractivity contribution in [2.75, 3.05) is 0 Å². The van der Waals surface area contributed by atoms with E-state index in [1.54, 1.807) is 24.3 Å². The Hall–Kier alpha value is -3.46. The van der Waals surface area contributed by atoms with Crippen LogP contribution in [0.1, 0.15) is 29.8 Å². The molecular formula is C23H19ClF3NO5. The fourth-order valence-electron chi connectivity index (χ4n) is 2.98. The molecule has 0 fully saturated rings. The molecule has 3 aromatic rings. The van der Waals surface area contributed by atoms with Gasteiger partial charge in [-0.15, -0.1) is 13.2 Å². The SMILES string of the molecule is CC(C)(NC(=O)c1cc(Cl)c2ccccc2c1OCc1ccc(OC(F)(F)F)cc1)C(=O)O. The summed E-state index contributed by atoms with van der Waals surface area (Å²) in [4.78, 5) is 24.4. The van der Waals surface area contributed by atoms with Crippen LogP contribution >= 0.6 is 11.6 Å².